The Morgan fingerprint density at radius 3 is 2.53 bits per heavy atom. The summed E-state index contributed by atoms with van der Waals surface area (Å²) in [7, 11) is 1.74. The maximum Gasteiger partial charge on any atom is 0.417 e. The average Bonchev–Trinajstić information content (AvgIpc) is 2.38. The predicted molar refractivity (Wildman–Crippen MR) is 67.1 cm³/mol. The topological polar surface area (TPSA) is 37.8 Å². The van der Waals surface area contributed by atoms with E-state index in [1.165, 1.54) is 17.8 Å². The van der Waals surface area contributed by atoms with Crippen molar-refractivity contribution in [1.82, 2.24) is 9.97 Å². The zero-order valence-electron chi connectivity index (χ0n) is 9.90. The van der Waals surface area contributed by atoms with Gasteiger partial charge in [0.25, 0.3) is 0 Å². The van der Waals surface area contributed by atoms with Crippen LogP contribution in [0.4, 0.5) is 19.0 Å². The summed E-state index contributed by atoms with van der Waals surface area (Å²) in [6, 6.07) is 5.94. The van der Waals surface area contributed by atoms with Gasteiger partial charge < -0.3 is 5.32 Å². The molecule has 0 bridgehead atoms. The first-order valence-electron chi connectivity index (χ1n) is 5.34. The molecule has 0 fully saturated rings. The molecule has 1 N–H and O–H groups in total. The third kappa shape index (κ3) is 3.60. The zero-order chi connectivity index (χ0) is 13.9. The van der Waals surface area contributed by atoms with Gasteiger partial charge in [-0.1, -0.05) is 11.8 Å². The highest BCUT2D eigenvalue weighted by Gasteiger charge is 2.30. The maximum absolute atomic E-state index is 12.4. The van der Waals surface area contributed by atoms with Crippen molar-refractivity contribution in [2.75, 3.05) is 12.4 Å². The average molecular weight is 285 g/mol. The quantitative estimate of drug-likeness (QED) is 0.933. The van der Waals surface area contributed by atoms with E-state index in [1.807, 2.05) is 0 Å². The van der Waals surface area contributed by atoms with E-state index >= 15 is 0 Å². The molecule has 0 aliphatic heterocycles. The highest BCUT2D eigenvalue weighted by atomic mass is 32.2. The van der Waals surface area contributed by atoms with Gasteiger partial charge in [-0.25, -0.2) is 9.97 Å². The summed E-state index contributed by atoms with van der Waals surface area (Å²) < 4.78 is 37.1. The first kappa shape index (κ1) is 13.7. The van der Waals surface area contributed by atoms with Crippen molar-refractivity contribution in [3.8, 4) is 0 Å². The molecule has 0 radical (unpaired) electrons. The molecule has 0 aromatic carbocycles. The van der Waals surface area contributed by atoms with Crippen LogP contribution in [0.1, 0.15) is 5.56 Å². The second kappa shape index (κ2) is 5.48. The van der Waals surface area contributed by atoms with Gasteiger partial charge in [0, 0.05) is 24.3 Å². The number of pyridine rings is 2. The fourth-order valence-electron chi connectivity index (χ4n) is 1.34. The summed E-state index contributed by atoms with van der Waals surface area (Å²) in [6.07, 6.45) is -1.90. The number of rotatable bonds is 3. The predicted octanol–water partition coefficient (Wildman–Crippen LogP) is 3.69. The van der Waals surface area contributed by atoms with E-state index in [4.69, 9.17) is 0 Å². The molecule has 0 saturated carbocycles. The Morgan fingerprint density at radius 2 is 1.95 bits per heavy atom. The molecule has 3 nitrogen and oxygen atoms in total. The molecule has 0 amide bonds. The smallest absolute Gasteiger partial charge is 0.373 e. The van der Waals surface area contributed by atoms with Gasteiger partial charge in [0.2, 0.25) is 0 Å². The fraction of sp³-hybridized carbons (Fsp3) is 0.167. The van der Waals surface area contributed by atoms with Crippen molar-refractivity contribution in [1.29, 1.82) is 0 Å². The number of halogens is 3. The Hall–Kier alpha value is -1.76. The highest BCUT2D eigenvalue weighted by Crippen LogP contribution is 2.31. The second-order valence-corrected chi connectivity index (χ2v) is 4.71. The summed E-state index contributed by atoms with van der Waals surface area (Å²) in [5.74, 6) is 0.692. The Morgan fingerprint density at radius 1 is 1.16 bits per heavy atom. The summed E-state index contributed by atoms with van der Waals surface area (Å²) in [4.78, 5) is 8.70. The van der Waals surface area contributed by atoms with Crippen LogP contribution in [0, 0.1) is 0 Å². The van der Waals surface area contributed by atoms with Gasteiger partial charge in [-0.3, -0.25) is 0 Å². The van der Waals surface area contributed by atoms with Gasteiger partial charge in [-0.15, -0.1) is 0 Å². The van der Waals surface area contributed by atoms with Crippen LogP contribution in [0.3, 0.4) is 0 Å². The third-order valence-corrected chi connectivity index (χ3v) is 3.21. The molecule has 0 unspecified atom stereocenters. The first-order chi connectivity index (χ1) is 8.99. The van der Waals surface area contributed by atoms with E-state index in [9.17, 15) is 13.2 Å². The summed E-state index contributed by atoms with van der Waals surface area (Å²) in [5.41, 5.74) is -0.748. The van der Waals surface area contributed by atoms with Gasteiger partial charge in [0.15, 0.2) is 0 Å². The van der Waals surface area contributed by atoms with Crippen molar-refractivity contribution in [2.24, 2.45) is 0 Å². The largest absolute Gasteiger partial charge is 0.417 e. The van der Waals surface area contributed by atoms with Crippen LogP contribution < -0.4 is 5.32 Å². The van der Waals surface area contributed by atoms with E-state index in [0.29, 0.717) is 10.8 Å². The number of hydrogen-bond donors (Lipinski definition) is 1. The number of nitrogens with zero attached hydrogens (tertiary/aromatic N) is 2. The van der Waals surface area contributed by atoms with E-state index in [0.717, 1.165) is 17.2 Å². The normalized spacial score (nSPS) is 11.4. The molecule has 100 valence electrons. The molecule has 0 saturated heterocycles. The molecular weight excluding hydrogens is 275 g/mol. The Labute approximate surface area is 112 Å². The summed E-state index contributed by atoms with van der Waals surface area (Å²) in [6.45, 7) is 0. The van der Waals surface area contributed by atoms with E-state index in [-0.39, 0.29) is 0 Å². The van der Waals surface area contributed by atoms with Gasteiger partial charge in [-0.2, -0.15) is 13.2 Å². The van der Waals surface area contributed by atoms with Crippen LogP contribution in [0.15, 0.2) is 46.6 Å². The van der Waals surface area contributed by atoms with E-state index in [2.05, 4.69) is 15.3 Å². The lowest BCUT2D eigenvalue weighted by Gasteiger charge is -2.07. The summed E-state index contributed by atoms with van der Waals surface area (Å²) >= 11 is 1.28. The van der Waals surface area contributed by atoms with Crippen molar-refractivity contribution in [3.05, 3.63) is 42.2 Å². The van der Waals surface area contributed by atoms with Crippen LogP contribution in [0.25, 0.3) is 0 Å². The zero-order valence-corrected chi connectivity index (χ0v) is 10.7. The van der Waals surface area contributed by atoms with Gasteiger partial charge in [-0.05, 0) is 24.3 Å². The molecule has 2 rings (SSSR count). The molecule has 2 heterocycles. The minimum Gasteiger partial charge on any atom is -0.373 e. The molecule has 19 heavy (non-hydrogen) atoms. The van der Waals surface area contributed by atoms with Crippen molar-refractivity contribution >= 4 is 17.6 Å². The maximum atomic E-state index is 12.4. The molecule has 2 aromatic heterocycles. The number of alkyl halides is 3. The minimum atomic E-state index is -4.35. The van der Waals surface area contributed by atoms with Crippen LogP contribution in [-0.2, 0) is 6.18 Å². The van der Waals surface area contributed by atoms with Gasteiger partial charge >= 0.3 is 6.18 Å². The van der Waals surface area contributed by atoms with Crippen LogP contribution >= 0.6 is 11.8 Å². The molecule has 0 aliphatic rings. The Bertz CT molecular complexity index is 555. The number of nitrogens with one attached hydrogen (secondary N) is 1. The van der Waals surface area contributed by atoms with Crippen LogP contribution in [0.2, 0.25) is 0 Å². The van der Waals surface area contributed by atoms with Crippen molar-refractivity contribution < 1.29 is 13.2 Å². The van der Waals surface area contributed by atoms with E-state index in [1.54, 1.807) is 25.4 Å². The molecule has 0 aliphatic carbocycles. The van der Waals surface area contributed by atoms with Gasteiger partial charge in [0.1, 0.15) is 10.8 Å². The fourth-order valence-corrected chi connectivity index (χ4v) is 2.12. The monoisotopic (exact) mass is 285 g/mol. The van der Waals surface area contributed by atoms with Crippen LogP contribution in [0.5, 0.6) is 0 Å². The molecule has 0 spiro atoms. The van der Waals surface area contributed by atoms with Crippen molar-refractivity contribution in [2.45, 2.75) is 16.1 Å². The Kier molecular flexibility index (Phi) is 3.94. The van der Waals surface area contributed by atoms with E-state index < -0.39 is 11.7 Å². The molecule has 2 aromatic rings. The Balaban J connectivity index is 2.15. The third-order valence-electron chi connectivity index (χ3n) is 2.27. The van der Waals surface area contributed by atoms with Crippen LogP contribution in [-0.4, -0.2) is 17.0 Å². The minimum absolute atomic E-state index is 0.501. The lowest BCUT2D eigenvalue weighted by atomic mass is 10.3. The highest BCUT2D eigenvalue weighted by molar-refractivity contribution is 7.99. The number of aromatic nitrogens is 2. The van der Waals surface area contributed by atoms with Crippen molar-refractivity contribution in [3.63, 3.8) is 0 Å². The second-order valence-electron chi connectivity index (χ2n) is 3.61. The summed E-state index contributed by atoms with van der Waals surface area (Å²) in [5, 5.41) is 3.39. The lowest BCUT2D eigenvalue weighted by Crippen LogP contribution is -2.05. The first-order valence-corrected chi connectivity index (χ1v) is 6.15. The molecular formula is C12H10F3N3S. The standard InChI is InChI=1S/C12H10F3N3S/c1-16-10-6-9(4-5-17-10)19-11-3-2-8(7-18-11)12(13,14)15/h2-7H,1H3,(H,16,17). The number of hydrogen-bond acceptors (Lipinski definition) is 4. The van der Waals surface area contributed by atoms with Gasteiger partial charge in [0.05, 0.1) is 5.56 Å². The number of anilines is 1. The molecule has 7 heteroatoms. The molecule has 0 atom stereocenters. The SMILES string of the molecule is CNc1cc(Sc2ccc(C(F)(F)F)cn2)ccn1. The lowest BCUT2D eigenvalue weighted by molar-refractivity contribution is -0.137.